The number of hydrogen-bond acceptors (Lipinski definition) is 3. The van der Waals surface area contributed by atoms with Crippen molar-refractivity contribution in [1.82, 2.24) is 5.32 Å². The lowest BCUT2D eigenvalue weighted by Crippen LogP contribution is -2.35. The number of rotatable bonds is 8. The number of methoxy groups -OCH3 is 1. The van der Waals surface area contributed by atoms with Gasteiger partial charge in [-0.1, -0.05) is 20.8 Å². The van der Waals surface area contributed by atoms with Crippen molar-refractivity contribution in [3.05, 3.63) is 24.3 Å². The Balaban J connectivity index is 2.24. The molecule has 0 radical (unpaired) electrons. The fraction of sp³-hybridized carbons (Fsp3) is 0.600. The number of hydrogen-bond donors (Lipinski definition) is 1. The van der Waals surface area contributed by atoms with Gasteiger partial charge in [0.05, 0.1) is 7.11 Å². The highest BCUT2D eigenvalue weighted by Crippen LogP contribution is 2.16. The van der Waals surface area contributed by atoms with Gasteiger partial charge in [-0.2, -0.15) is 0 Å². The maximum absolute atomic E-state index is 5.66. The standard InChI is InChI=1S/C15H25NO2/c1-5-15(12(2)3)16-10-11-18-14-8-6-13(17-4)7-9-14/h6-9,12,15-16H,5,10-11H2,1-4H3. The van der Waals surface area contributed by atoms with Gasteiger partial charge in [0, 0.05) is 12.6 Å². The summed E-state index contributed by atoms with van der Waals surface area (Å²) in [6.07, 6.45) is 1.15. The van der Waals surface area contributed by atoms with E-state index in [1.54, 1.807) is 7.11 Å². The fourth-order valence-corrected chi connectivity index (χ4v) is 1.94. The highest BCUT2D eigenvalue weighted by atomic mass is 16.5. The molecule has 0 bridgehead atoms. The molecule has 0 aliphatic carbocycles. The van der Waals surface area contributed by atoms with Crippen molar-refractivity contribution in [3.63, 3.8) is 0 Å². The number of ether oxygens (including phenoxy) is 2. The van der Waals surface area contributed by atoms with E-state index in [2.05, 4.69) is 26.1 Å². The summed E-state index contributed by atoms with van der Waals surface area (Å²) in [5.74, 6) is 2.40. The van der Waals surface area contributed by atoms with Gasteiger partial charge < -0.3 is 14.8 Å². The van der Waals surface area contributed by atoms with Gasteiger partial charge in [-0.3, -0.25) is 0 Å². The molecule has 3 nitrogen and oxygen atoms in total. The van der Waals surface area contributed by atoms with Crippen LogP contribution in [0, 0.1) is 5.92 Å². The summed E-state index contributed by atoms with van der Waals surface area (Å²) in [5.41, 5.74) is 0. The third-order valence-corrected chi connectivity index (χ3v) is 3.08. The Bertz CT molecular complexity index is 322. The van der Waals surface area contributed by atoms with E-state index >= 15 is 0 Å². The third-order valence-electron chi connectivity index (χ3n) is 3.08. The molecule has 0 aliphatic heterocycles. The van der Waals surface area contributed by atoms with E-state index in [9.17, 15) is 0 Å². The summed E-state index contributed by atoms with van der Waals surface area (Å²) in [4.78, 5) is 0. The zero-order valence-corrected chi connectivity index (χ0v) is 11.9. The normalized spacial score (nSPS) is 12.5. The molecule has 1 rings (SSSR count). The smallest absolute Gasteiger partial charge is 0.119 e. The highest BCUT2D eigenvalue weighted by molar-refractivity contribution is 5.31. The Morgan fingerprint density at radius 3 is 2.22 bits per heavy atom. The van der Waals surface area contributed by atoms with Crippen LogP contribution in [0.25, 0.3) is 0 Å². The fourth-order valence-electron chi connectivity index (χ4n) is 1.94. The van der Waals surface area contributed by atoms with E-state index < -0.39 is 0 Å². The van der Waals surface area contributed by atoms with Gasteiger partial charge in [-0.25, -0.2) is 0 Å². The van der Waals surface area contributed by atoms with Crippen LogP contribution in [0.2, 0.25) is 0 Å². The largest absolute Gasteiger partial charge is 0.497 e. The van der Waals surface area contributed by atoms with Gasteiger partial charge in [0.1, 0.15) is 18.1 Å². The van der Waals surface area contributed by atoms with Gasteiger partial charge in [0.15, 0.2) is 0 Å². The Labute approximate surface area is 110 Å². The van der Waals surface area contributed by atoms with E-state index in [0.29, 0.717) is 18.6 Å². The SMILES string of the molecule is CCC(NCCOc1ccc(OC)cc1)C(C)C. The predicted molar refractivity (Wildman–Crippen MR) is 75.4 cm³/mol. The zero-order chi connectivity index (χ0) is 13.4. The lowest BCUT2D eigenvalue weighted by Gasteiger charge is -2.20. The van der Waals surface area contributed by atoms with Crippen LogP contribution < -0.4 is 14.8 Å². The van der Waals surface area contributed by atoms with Crippen molar-refractivity contribution in [1.29, 1.82) is 0 Å². The maximum atomic E-state index is 5.66. The first-order valence-electron chi connectivity index (χ1n) is 6.67. The molecule has 3 heteroatoms. The van der Waals surface area contributed by atoms with Crippen molar-refractivity contribution in [2.24, 2.45) is 5.92 Å². The van der Waals surface area contributed by atoms with E-state index in [1.165, 1.54) is 0 Å². The molecule has 0 heterocycles. The maximum Gasteiger partial charge on any atom is 0.119 e. The minimum atomic E-state index is 0.574. The third kappa shape index (κ3) is 4.96. The van der Waals surface area contributed by atoms with Gasteiger partial charge in [0.25, 0.3) is 0 Å². The minimum absolute atomic E-state index is 0.574. The molecular weight excluding hydrogens is 226 g/mol. The summed E-state index contributed by atoms with van der Waals surface area (Å²) in [6.45, 7) is 8.26. The molecule has 1 unspecified atom stereocenters. The second-order valence-corrected chi connectivity index (χ2v) is 4.74. The molecule has 1 N–H and O–H groups in total. The highest BCUT2D eigenvalue weighted by Gasteiger charge is 2.09. The zero-order valence-electron chi connectivity index (χ0n) is 11.9. The monoisotopic (exact) mass is 251 g/mol. The Hall–Kier alpha value is -1.22. The topological polar surface area (TPSA) is 30.5 Å². The van der Waals surface area contributed by atoms with Crippen LogP contribution in [0.1, 0.15) is 27.2 Å². The van der Waals surface area contributed by atoms with Gasteiger partial charge in [-0.15, -0.1) is 0 Å². The molecule has 102 valence electrons. The first-order valence-corrected chi connectivity index (χ1v) is 6.67. The van der Waals surface area contributed by atoms with Crippen LogP contribution in [-0.4, -0.2) is 26.3 Å². The lowest BCUT2D eigenvalue weighted by molar-refractivity contribution is 0.289. The van der Waals surface area contributed by atoms with Crippen molar-refractivity contribution in [2.75, 3.05) is 20.3 Å². The molecule has 18 heavy (non-hydrogen) atoms. The van der Waals surface area contributed by atoms with Crippen LogP contribution in [0.3, 0.4) is 0 Å². The van der Waals surface area contributed by atoms with Crippen molar-refractivity contribution in [3.8, 4) is 11.5 Å². The summed E-state index contributed by atoms with van der Waals surface area (Å²) in [6, 6.07) is 8.25. The summed E-state index contributed by atoms with van der Waals surface area (Å²) in [7, 11) is 1.66. The second-order valence-electron chi connectivity index (χ2n) is 4.74. The second kappa shape index (κ2) is 7.98. The predicted octanol–water partition coefficient (Wildman–Crippen LogP) is 3.10. The molecule has 1 aromatic rings. The van der Waals surface area contributed by atoms with E-state index in [-0.39, 0.29) is 0 Å². The quantitative estimate of drug-likeness (QED) is 0.720. The molecule has 0 amide bonds. The van der Waals surface area contributed by atoms with Crippen LogP contribution in [-0.2, 0) is 0 Å². The van der Waals surface area contributed by atoms with Crippen LogP contribution in [0.4, 0.5) is 0 Å². The Morgan fingerprint density at radius 1 is 1.11 bits per heavy atom. The van der Waals surface area contributed by atoms with Crippen LogP contribution >= 0.6 is 0 Å². The van der Waals surface area contributed by atoms with Crippen molar-refractivity contribution >= 4 is 0 Å². The average Bonchev–Trinajstić information content (AvgIpc) is 2.39. The molecule has 0 aliphatic rings. The van der Waals surface area contributed by atoms with Crippen molar-refractivity contribution in [2.45, 2.75) is 33.2 Å². The van der Waals surface area contributed by atoms with E-state index in [4.69, 9.17) is 9.47 Å². The Morgan fingerprint density at radius 2 is 1.72 bits per heavy atom. The first kappa shape index (κ1) is 14.8. The summed E-state index contributed by atoms with van der Waals surface area (Å²) >= 11 is 0. The van der Waals surface area contributed by atoms with Gasteiger partial charge in [0.2, 0.25) is 0 Å². The van der Waals surface area contributed by atoms with Crippen LogP contribution in [0.5, 0.6) is 11.5 Å². The first-order chi connectivity index (χ1) is 8.67. The minimum Gasteiger partial charge on any atom is -0.497 e. The van der Waals surface area contributed by atoms with E-state index in [1.807, 2.05) is 24.3 Å². The molecule has 0 saturated heterocycles. The molecule has 1 atom stereocenters. The molecule has 0 spiro atoms. The number of benzene rings is 1. The average molecular weight is 251 g/mol. The van der Waals surface area contributed by atoms with E-state index in [0.717, 1.165) is 24.5 Å². The number of nitrogens with one attached hydrogen (secondary N) is 1. The van der Waals surface area contributed by atoms with Gasteiger partial charge >= 0.3 is 0 Å². The summed E-state index contributed by atoms with van der Waals surface area (Å²) in [5, 5.41) is 3.51. The van der Waals surface area contributed by atoms with Crippen LogP contribution in [0.15, 0.2) is 24.3 Å². The Kier molecular flexibility index (Phi) is 6.58. The lowest BCUT2D eigenvalue weighted by atomic mass is 10.0. The molecule has 0 fully saturated rings. The van der Waals surface area contributed by atoms with Gasteiger partial charge in [-0.05, 0) is 36.6 Å². The molecule has 1 aromatic carbocycles. The molecular formula is C15H25NO2. The summed E-state index contributed by atoms with van der Waals surface area (Å²) < 4.78 is 10.8. The molecule has 0 aromatic heterocycles. The van der Waals surface area contributed by atoms with Crippen molar-refractivity contribution < 1.29 is 9.47 Å². The molecule has 0 saturated carbocycles.